The van der Waals surface area contributed by atoms with Crippen LogP contribution in [0.3, 0.4) is 0 Å². The molecule has 5 nitrogen and oxygen atoms in total. The molecule has 0 radical (unpaired) electrons. The summed E-state index contributed by atoms with van der Waals surface area (Å²) in [6, 6.07) is 7.45. The molecule has 0 amide bonds. The summed E-state index contributed by atoms with van der Waals surface area (Å²) in [5, 5.41) is 9.27. The van der Waals surface area contributed by atoms with Crippen molar-refractivity contribution < 1.29 is 9.90 Å². The molecule has 0 bridgehead atoms. The molecule has 0 unspecified atom stereocenters. The smallest absolute Gasteiger partial charge is 0.339 e. The Bertz CT molecular complexity index is 648. The molecule has 0 saturated carbocycles. The summed E-state index contributed by atoms with van der Waals surface area (Å²) in [6.45, 7) is 4.00. The summed E-state index contributed by atoms with van der Waals surface area (Å²) in [5.74, 6) is -0.673. The Kier molecular flexibility index (Phi) is 3.61. The van der Waals surface area contributed by atoms with E-state index in [1.807, 2.05) is 26.0 Å². The first-order valence-electron chi connectivity index (χ1n) is 6.19. The fraction of sp³-hybridized carbons (Fsp3) is 0.200. The van der Waals surface area contributed by atoms with Crippen LogP contribution in [0.1, 0.15) is 21.5 Å². The SMILES string of the molecule is Cc1cc(C)cc(N(C)c2ncc(N)cc2C(=O)O)c1. The summed E-state index contributed by atoms with van der Waals surface area (Å²) in [6.07, 6.45) is 1.46. The molecule has 104 valence electrons. The van der Waals surface area contributed by atoms with Crippen molar-refractivity contribution in [2.45, 2.75) is 13.8 Å². The molecule has 0 aliphatic rings. The van der Waals surface area contributed by atoms with Gasteiger partial charge in [0, 0.05) is 12.7 Å². The highest BCUT2D eigenvalue weighted by atomic mass is 16.4. The third-order valence-corrected chi connectivity index (χ3v) is 3.03. The molecule has 2 aromatic rings. The molecule has 20 heavy (non-hydrogen) atoms. The molecule has 0 saturated heterocycles. The Balaban J connectivity index is 2.52. The van der Waals surface area contributed by atoms with Gasteiger partial charge in [-0.15, -0.1) is 0 Å². The number of hydrogen-bond acceptors (Lipinski definition) is 4. The topological polar surface area (TPSA) is 79.5 Å². The van der Waals surface area contributed by atoms with Gasteiger partial charge in [-0.25, -0.2) is 9.78 Å². The van der Waals surface area contributed by atoms with Gasteiger partial charge in [0.15, 0.2) is 0 Å². The predicted octanol–water partition coefficient (Wildman–Crippen LogP) is 2.75. The summed E-state index contributed by atoms with van der Waals surface area (Å²) in [4.78, 5) is 17.2. The van der Waals surface area contributed by atoms with E-state index >= 15 is 0 Å². The number of carbonyl (C=O) groups is 1. The normalized spacial score (nSPS) is 10.3. The lowest BCUT2D eigenvalue weighted by molar-refractivity contribution is 0.0697. The molecule has 5 heteroatoms. The Morgan fingerprint density at radius 3 is 2.35 bits per heavy atom. The van der Waals surface area contributed by atoms with Gasteiger partial charge in [0.1, 0.15) is 11.4 Å². The van der Waals surface area contributed by atoms with Crippen LogP contribution >= 0.6 is 0 Å². The van der Waals surface area contributed by atoms with Crippen LogP contribution in [0.15, 0.2) is 30.5 Å². The van der Waals surface area contributed by atoms with Crippen molar-refractivity contribution >= 4 is 23.2 Å². The minimum atomic E-state index is -1.05. The lowest BCUT2D eigenvalue weighted by Gasteiger charge is -2.21. The van der Waals surface area contributed by atoms with Gasteiger partial charge in [0.05, 0.1) is 11.9 Å². The molecule has 0 fully saturated rings. The quantitative estimate of drug-likeness (QED) is 0.897. The van der Waals surface area contributed by atoms with Crippen molar-refractivity contribution in [3.63, 3.8) is 0 Å². The Morgan fingerprint density at radius 2 is 1.80 bits per heavy atom. The lowest BCUT2D eigenvalue weighted by Crippen LogP contribution is -2.16. The van der Waals surface area contributed by atoms with Gasteiger partial charge >= 0.3 is 5.97 Å². The van der Waals surface area contributed by atoms with Gasteiger partial charge in [-0.2, -0.15) is 0 Å². The highest BCUT2D eigenvalue weighted by Gasteiger charge is 2.17. The van der Waals surface area contributed by atoms with Crippen LogP contribution in [0.5, 0.6) is 0 Å². The van der Waals surface area contributed by atoms with E-state index < -0.39 is 5.97 Å². The fourth-order valence-corrected chi connectivity index (χ4v) is 2.16. The molecular weight excluding hydrogens is 254 g/mol. The molecule has 2 rings (SSSR count). The molecule has 3 N–H and O–H groups in total. The number of aromatic nitrogens is 1. The van der Waals surface area contributed by atoms with Gasteiger partial charge in [0.2, 0.25) is 0 Å². The maximum atomic E-state index is 11.3. The minimum Gasteiger partial charge on any atom is -0.478 e. The van der Waals surface area contributed by atoms with Gasteiger partial charge in [-0.3, -0.25) is 0 Å². The number of rotatable bonds is 3. The first kappa shape index (κ1) is 13.9. The summed E-state index contributed by atoms with van der Waals surface area (Å²) in [7, 11) is 1.79. The van der Waals surface area contributed by atoms with E-state index in [0.29, 0.717) is 11.5 Å². The van der Waals surface area contributed by atoms with Crippen molar-refractivity contribution in [2.75, 3.05) is 17.7 Å². The average molecular weight is 271 g/mol. The third-order valence-electron chi connectivity index (χ3n) is 3.03. The van der Waals surface area contributed by atoms with E-state index in [-0.39, 0.29) is 5.56 Å². The van der Waals surface area contributed by atoms with Crippen molar-refractivity contribution in [1.29, 1.82) is 0 Å². The molecule has 0 aliphatic heterocycles. The second-order valence-corrected chi connectivity index (χ2v) is 4.85. The second kappa shape index (κ2) is 5.21. The maximum Gasteiger partial charge on any atom is 0.339 e. The van der Waals surface area contributed by atoms with Crippen LogP contribution in [0.2, 0.25) is 0 Å². The van der Waals surface area contributed by atoms with Crippen LogP contribution in [0, 0.1) is 13.8 Å². The molecule has 1 heterocycles. The molecule has 1 aromatic carbocycles. The number of carboxylic acid groups (broad SMARTS) is 1. The van der Waals surface area contributed by atoms with Gasteiger partial charge in [-0.05, 0) is 43.2 Å². The van der Waals surface area contributed by atoms with Crippen LogP contribution in [-0.2, 0) is 0 Å². The number of nitrogen functional groups attached to an aromatic ring is 1. The Morgan fingerprint density at radius 1 is 1.20 bits per heavy atom. The van der Waals surface area contributed by atoms with E-state index in [4.69, 9.17) is 5.73 Å². The standard InChI is InChI=1S/C15H17N3O2/c1-9-4-10(2)6-12(5-9)18(3)14-13(15(19)20)7-11(16)8-17-14/h4-8H,16H2,1-3H3,(H,19,20). The fourth-order valence-electron chi connectivity index (χ4n) is 2.16. The molecule has 0 spiro atoms. The van der Waals surface area contributed by atoms with Crippen molar-refractivity contribution in [2.24, 2.45) is 0 Å². The van der Waals surface area contributed by atoms with Crippen LogP contribution in [0.25, 0.3) is 0 Å². The maximum absolute atomic E-state index is 11.3. The van der Waals surface area contributed by atoms with Crippen LogP contribution in [-0.4, -0.2) is 23.1 Å². The number of pyridine rings is 1. The van der Waals surface area contributed by atoms with Gasteiger partial charge in [-0.1, -0.05) is 6.07 Å². The van der Waals surface area contributed by atoms with Crippen LogP contribution in [0.4, 0.5) is 17.2 Å². The van der Waals surface area contributed by atoms with E-state index in [2.05, 4.69) is 11.1 Å². The molecule has 0 aliphatic carbocycles. The number of hydrogen-bond donors (Lipinski definition) is 2. The highest BCUT2D eigenvalue weighted by molar-refractivity contribution is 5.95. The van der Waals surface area contributed by atoms with E-state index in [1.165, 1.54) is 12.3 Å². The lowest BCUT2D eigenvalue weighted by atomic mass is 10.1. The number of nitrogens with zero attached hydrogens (tertiary/aromatic N) is 2. The molecular formula is C15H17N3O2. The zero-order chi connectivity index (χ0) is 14.9. The number of nitrogens with two attached hydrogens (primary N) is 1. The van der Waals surface area contributed by atoms with Crippen molar-refractivity contribution in [3.05, 3.63) is 47.2 Å². The zero-order valence-electron chi connectivity index (χ0n) is 11.7. The first-order chi connectivity index (χ1) is 9.38. The third kappa shape index (κ3) is 2.71. The second-order valence-electron chi connectivity index (χ2n) is 4.85. The number of benzene rings is 1. The number of aryl methyl sites for hydroxylation is 2. The largest absolute Gasteiger partial charge is 0.478 e. The van der Waals surface area contributed by atoms with Gasteiger partial charge in [0.25, 0.3) is 0 Å². The molecule has 1 aromatic heterocycles. The van der Waals surface area contributed by atoms with Crippen molar-refractivity contribution in [3.8, 4) is 0 Å². The van der Waals surface area contributed by atoms with Crippen LogP contribution < -0.4 is 10.6 Å². The highest BCUT2D eigenvalue weighted by Crippen LogP contribution is 2.27. The predicted molar refractivity (Wildman–Crippen MR) is 79.6 cm³/mol. The first-order valence-corrected chi connectivity index (χ1v) is 6.19. The number of aromatic carboxylic acids is 1. The summed E-state index contributed by atoms with van der Waals surface area (Å²) < 4.78 is 0. The minimum absolute atomic E-state index is 0.0895. The van der Waals surface area contributed by atoms with E-state index in [1.54, 1.807) is 11.9 Å². The van der Waals surface area contributed by atoms with E-state index in [0.717, 1.165) is 16.8 Å². The summed E-state index contributed by atoms with van der Waals surface area (Å²) in [5.41, 5.74) is 9.14. The average Bonchev–Trinajstić information content (AvgIpc) is 2.36. The van der Waals surface area contributed by atoms with Crippen molar-refractivity contribution in [1.82, 2.24) is 4.98 Å². The number of anilines is 3. The number of carboxylic acids is 1. The Labute approximate surface area is 117 Å². The monoisotopic (exact) mass is 271 g/mol. The van der Waals surface area contributed by atoms with Gasteiger partial charge < -0.3 is 15.7 Å². The Hall–Kier alpha value is -2.56. The summed E-state index contributed by atoms with van der Waals surface area (Å²) >= 11 is 0. The van der Waals surface area contributed by atoms with E-state index in [9.17, 15) is 9.90 Å². The zero-order valence-corrected chi connectivity index (χ0v) is 11.7. The molecule has 0 atom stereocenters.